The lowest BCUT2D eigenvalue weighted by Crippen LogP contribution is -2.46. The average Bonchev–Trinajstić information content (AvgIpc) is 3.33. The van der Waals surface area contributed by atoms with Crippen molar-refractivity contribution in [2.75, 3.05) is 40.9 Å². The van der Waals surface area contributed by atoms with E-state index >= 15 is 0 Å². The molecule has 0 bridgehead atoms. The molecule has 0 spiro atoms. The highest BCUT2D eigenvalue weighted by Gasteiger charge is 2.28. The van der Waals surface area contributed by atoms with Gasteiger partial charge in [-0.3, -0.25) is 13.8 Å². The number of quaternary nitrogens is 1. The Morgan fingerprint density at radius 1 is 0.423 bits per heavy atom. The molecule has 0 heterocycles. The van der Waals surface area contributed by atoms with Crippen LogP contribution >= 0.6 is 7.82 Å². The number of nitrogens with one attached hydrogen (secondary N) is 1. The van der Waals surface area contributed by atoms with E-state index < -0.39 is 20.0 Å². The minimum Gasteiger partial charge on any atom is -0.391 e. The van der Waals surface area contributed by atoms with E-state index in [2.05, 4.69) is 19.2 Å². The molecule has 0 radical (unpaired) electrons. The molecule has 0 fully saturated rings. The summed E-state index contributed by atoms with van der Waals surface area (Å²) in [5, 5.41) is 14.1. The topological polar surface area (TPSA) is 105 Å². The number of nitrogens with zero attached hydrogens (tertiary/aromatic N) is 1. The van der Waals surface area contributed by atoms with Gasteiger partial charge in [-0.15, -0.1) is 0 Å². The number of aliphatic hydroxyl groups is 1. The molecule has 0 aliphatic rings. The van der Waals surface area contributed by atoms with Gasteiger partial charge in [0.05, 0.1) is 39.9 Å². The number of unbranched alkanes of at least 4 members (excludes halogenated alkanes) is 47. The summed E-state index contributed by atoms with van der Waals surface area (Å²) >= 11 is 0. The summed E-state index contributed by atoms with van der Waals surface area (Å²) in [5.74, 6) is -0.135. The number of hydrogen-bond acceptors (Lipinski definition) is 5. The van der Waals surface area contributed by atoms with E-state index in [9.17, 15) is 19.4 Å². The molecule has 0 rings (SSSR count). The van der Waals surface area contributed by atoms with Gasteiger partial charge in [0, 0.05) is 6.42 Å². The van der Waals surface area contributed by atoms with Crippen LogP contribution in [-0.2, 0) is 18.4 Å². The molecule has 3 N–H and O–H groups in total. The molecule has 0 aliphatic carbocycles. The fraction of sp³-hybridized carbons (Fsp3) is 0.984. The van der Waals surface area contributed by atoms with E-state index in [1.54, 1.807) is 0 Å². The van der Waals surface area contributed by atoms with E-state index in [4.69, 9.17) is 9.05 Å². The average molecular weight is 1030 g/mol. The van der Waals surface area contributed by atoms with Gasteiger partial charge in [0.1, 0.15) is 13.2 Å². The fourth-order valence-electron chi connectivity index (χ4n) is 10.1. The Kier molecular flexibility index (Phi) is 53.9. The van der Waals surface area contributed by atoms with Crippen LogP contribution in [0, 0.1) is 0 Å². The maximum Gasteiger partial charge on any atom is 0.472 e. The Bertz CT molecular complexity index is 1120. The first-order valence-electron chi connectivity index (χ1n) is 31.9. The standard InChI is InChI=1S/C62H127N2O6P/c1-6-8-10-12-14-16-18-20-22-24-26-27-28-29-30-31-32-33-34-35-36-38-39-41-43-45-47-49-51-53-55-61(65)60(59-70-71(67,68)69-58-57-64(3,4)5)63-62(66)56-54-52-50-48-46-44-42-40-37-25-23-21-19-17-15-13-11-9-7-2/h60-61,65H,6-59H2,1-5H3,(H-,63,66,67,68)/p+1. The molecule has 0 saturated heterocycles. The third kappa shape index (κ3) is 57.1. The van der Waals surface area contributed by atoms with E-state index in [-0.39, 0.29) is 19.1 Å². The summed E-state index contributed by atoms with van der Waals surface area (Å²) in [5.41, 5.74) is 0. The van der Waals surface area contributed by atoms with Gasteiger partial charge < -0.3 is 19.8 Å². The smallest absolute Gasteiger partial charge is 0.391 e. The summed E-state index contributed by atoms with van der Waals surface area (Å²) in [7, 11) is 1.64. The summed E-state index contributed by atoms with van der Waals surface area (Å²) in [6.07, 6.45) is 66.1. The van der Waals surface area contributed by atoms with Crippen LogP contribution in [0.25, 0.3) is 0 Å². The van der Waals surface area contributed by atoms with Gasteiger partial charge >= 0.3 is 7.82 Å². The van der Waals surface area contributed by atoms with Crippen molar-refractivity contribution in [2.24, 2.45) is 0 Å². The van der Waals surface area contributed by atoms with Gasteiger partial charge in [0.25, 0.3) is 0 Å². The summed E-state index contributed by atoms with van der Waals surface area (Å²) in [4.78, 5) is 23.4. The summed E-state index contributed by atoms with van der Waals surface area (Å²) in [6, 6.07) is -0.756. The normalized spacial score (nSPS) is 13.7. The molecular weight excluding hydrogens is 900 g/mol. The Morgan fingerprint density at radius 3 is 0.944 bits per heavy atom. The quantitative estimate of drug-likeness (QED) is 0.0318. The molecule has 0 aromatic heterocycles. The van der Waals surface area contributed by atoms with Gasteiger partial charge in [-0.05, 0) is 12.8 Å². The zero-order valence-electron chi connectivity index (χ0n) is 48.8. The van der Waals surface area contributed by atoms with Crippen LogP contribution in [-0.4, -0.2) is 73.4 Å². The molecule has 3 atom stereocenters. The number of hydrogen-bond donors (Lipinski definition) is 3. The Morgan fingerprint density at radius 2 is 0.676 bits per heavy atom. The van der Waals surface area contributed by atoms with Gasteiger partial charge in [-0.2, -0.15) is 0 Å². The van der Waals surface area contributed by atoms with Crippen molar-refractivity contribution in [1.82, 2.24) is 5.32 Å². The van der Waals surface area contributed by atoms with E-state index in [1.807, 2.05) is 21.1 Å². The number of phosphoric ester groups is 1. The van der Waals surface area contributed by atoms with Crippen LogP contribution in [0.2, 0.25) is 0 Å². The Hall–Kier alpha value is -0.500. The van der Waals surface area contributed by atoms with Crippen LogP contribution in [0.1, 0.15) is 341 Å². The highest BCUT2D eigenvalue weighted by molar-refractivity contribution is 7.47. The highest BCUT2D eigenvalue weighted by atomic mass is 31.2. The third-order valence-electron chi connectivity index (χ3n) is 15.1. The molecule has 0 aromatic carbocycles. The second kappa shape index (κ2) is 54.3. The van der Waals surface area contributed by atoms with Crippen molar-refractivity contribution < 1.29 is 32.9 Å². The van der Waals surface area contributed by atoms with Crippen LogP contribution in [0.4, 0.5) is 0 Å². The van der Waals surface area contributed by atoms with Crippen molar-refractivity contribution in [1.29, 1.82) is 0 Å². The van der Waals surface area contributed by atoms with Gasteiger partial charge in [0.15, 0.2) is 0 Å². The second-order valence-electron chi connectivity index (χ2n) is 23.5. The van der Waals surface area contributed by atoms with Crippen molar-refractivity contribution in [3.63, 3.8) is 0 Å². The highest BCUT2D eigenvalue weighted by Crippen LogP contribution is 2.43. The zero-order valence-corrected chi connectivity index (χ0v) is 49.7. The molecule has 9 heteroatoms. The monoisotopic (exact) mass is 1030 g/mol. The zero-order chi connectivity index (χ0) is 52.0. The minimum atomic E-state index is -4.32. The van der Waals surface area contributed by atoms with E-state index in [1.165, 1.54) is 276 Å². The lowest BCUT2D eigenvalue weighted by Gasteiger charge is -2.26. The largest absolute Gasteiger partial charge is 0.472 e. The van der Waals surface area contributed by atoms with Crippen LogP contribution in [0.5, 0.6) is 0 Å². The van der Waals surface area contributed by atoms with Crippen molar-refractivity contribution in [3.8, 4) is 0 Å². The number of rotatable bonds is 60. The van der Waals surface area contributed by atoms with E-state index in [0.29, 0.717) is 23.9 Å². The maximum atomic E-state index is 13.0. The van der Waals surface area contributed by atoms with Crippen molar-refractivity contribution >= 4 is 13.7 Å². The fourth-order valence-corrected chi connectivity index (χ4v) is 10.8. The second-order valence-corrected chi connectivity index (χ2v) is 25.0. The molecule has 0 aliphatic heterocycles. The third-order valence-corrected chi connectivity index (χ3v) is 16.1. The maximum absolute atomic E-state index is 13.0. The van der Waals surface area contributed by atoms with Gasteiger partial charge in [0.2, 0.25) is 5.91 Å². The Labute approximate surface area is 444 Å². The van der Waals surface area contributed by atoms with Crippen LogP contribution in [0.3, 0.4) is 0 Å². The molecule has 1 amide bonds. The molecule has 0 aromatic rings. The minimum absolute atomic E-state index is 0.0793. The number of aliphatic hydroxyl groups excluding tert-OH is 1. The number of carbonyl (C=O) groups excluding carboxylic acids is 1. The lowest BCUT2D eigenvalue weighted by atomic mass is 10.0. The first-order chi connectivity index (χ1) is 34.5. The van der Waals surface area contributed by atoms with Gasteiger partial charge in [-0.1, -0.05) is 322 Å². The molecule has 8 nitrogen and oxygen atoms in total. The molecule has 426 valence electrons. The van der Waals surface area contributed by atoms with Gasteiger partial charge in [-0.25, -0.2) is 4.57 Å². The number of amides is 1. The predicted molar refractivity (Wildman–Crippen MR) is 309 cm³/mol. The van der Waals surface area contributed by atoms with E-state index in [0.717, 1.165) is 38.5 Å². The van der Waals surface area contributed by atoms with Crippen LogP contribution < -0.4 is 5.32 Å². The summed E-state index contributed by atoms with van der Waals surface area (Å²) < 4.78 is 23.8. The molecular formula is C62H128N2O6P+. The number of likely N-dealkylation sites (N-methyl/N-ethyl adjacent to an activating group) is 1. The Balaban J connectivity index is 4.02. The number of carbonyl (C=O) groups is 1. The summed E-state index contributed by atoms with van der Waals surface area (Å²) in [6.45, 7) is 4.96. The van der Waals surface area contributed by atoms with Crippen LogP contribution in [0.15, 0.2) is 0 Å². The first-order valence-corrected chi connectivity index (χ1v) is 33.4. The predicted octanol–water partition coefficient (Wildman–Crippen LogP) is 19.6. The van der Waals surface area contributed by atoms with Crippen molar-refractivity contribution in [2.45, 2.75) is 353 Å². The lowest BCUT2D eigenvalue weighted by molar-refractivity contribution is -0.870. The first kappa shape index (κ1) is 70.5. The molecule has 0 saturated carbocycles. The van der Waals surface area contributed by atoms with Crippen molar-refractivity contribution in [3.05, 3.63) is 0 Å². The molecule has 71 heavy (non-hydrogen) atoms. The number of phosphoric acid groups is 1. The SMILES string of the molecule is CCCCCCCCCCCCCCCCCCCCCCCCCCCCCCCCC(O)C(COP(=O)(O)OCC[N+](C)(C)C)NC(=O)CCCCCCCCCCCCCCCCCCCCC. The molecule has 3 unspecified atom stereocenters.